The number of rotatable bonds is 6. The van der Waals surface area contributed by atoms with Crippen molar-refractivity contribution >= 4 is 21.7 Å². The van der Waals surface area contributed by atoms with E-state index < -0.39 is 16.0 Å². The molecule has 1 unspecified atom stereocenters. The van der Waals surface area contributed by atoms with Gasteiger partial charge in [0.05, 0.1) is 10.9 Å². The minimum absolute atomic E-state index is 0.133. The van der Waals surface area contributed by atoms with E-state index in [0.29, 0.717) is 5.69 Å². The SMILES string of the molecule is CC(NC(=O)/C(C#N)=C\Nc1ccc(S(=O)(=O)O)cc1)c1ccccc1. The topological polar surface area (TPSA) is 119 Å². The van der Waals surface area contributed by atoms with Crippen molar-refractivity contribution in [1.82, 2.24) is 5.32 Å². The predicted octanol–water partition coefficient (Wildman–Crippen LogP) is 2.63. The predicted molar refractivity (Wildman–Crippen MR) is 96.6 cm³/mol. The molecule has 0 heterocycles. The molecular formula is C18H17N3O4S. The van der Waals surface area contributed by atoms with Crippen LogP contribution in [0.2, 0.25) is 0 Å². The van der Waals surface area contributed by atoms with Crippen molar-refractivity contribution in [2.24, 2.45) is 0 Å². The van der Waals surface area contributed by atoms with Gasteiger partial charge in [-0.05, 0) is 36.8 Å². The zero-order valence-corrected chi connectivity index (χ0v) is 14.7. The lowest BCUT2D eigenvalue weighted by Crippen LogP contribution is -2.28. The van der Waals surface area contributed by atoms with Gasteiger partial charge in [0.15, 0.2) is 0 Å². The van der Waals surface area contributed by atoms with Crippen LogP contribution in [0.1, 0.15) is 18.5 Å². The molecule has 0 bridgehead atoms. The van der Waals surface area contributed by atoms with Crippen LogP contribution in [0.4, 0.5) is 5.69 Å². The van der Waals surface area contributed by atoms with Crippen LogP contribution in [0.15, 0.2) is 71.3 Å². The number of carbonyl (C=O) groups is 1. The number of carbonyl (C=O) groups excluding carboxylic acids is 1. The molecule has 2 aromatic rings. The van der Waals surface area contributed by atoms with Crippen LogP contribution < -0.4 is 10.6 Å². The number of benzene rings is 2. The van der Waals surface area contributed by atoms with E-state index in [1.165, 1.54) is 30.5 Å². The van der Waals surface area contributed by atoms with Gasteiger partial charge in [-0.25, -0.2) is 0 Å². The number of hydrogen-bond acceptors (Lipinski definition) is 5. The van der Waals surface area contributed by atoms with Crippen LogP contribution in [-0.4, -0.2) is 18.9 Å². The first kappa shape index (κ1) is 19.2. The third kappa shape index (κ3) is 5.17. The Morgan fingerprint density at radius 3 is 2.31 bits per heavy atom. The van der Waals surface area contributed by atoms with Crippen molar-refractivity contribution < 1.29 is 17.8 Å². The molecule has 0 aliphatic heterocycles. The first-order valence-electron chi connectivity index (χ1n) is 7.61. The van der Waals surface area contributed by atoms with Crippen molar-refractivity contribution in [1.29, 1.82) is 5.26 Å². The number of nitriles is 1. The maximum Gasteiger partial charge on any atom is 0.294 e. The molecule has 7 nitrogen and oxygen atoms in total. The standard InChI is InChI=1S/C18H17N3O4S/c1-13(14-5-3-2-4-6-14)21-18(22)15(11-19)12-20-16-7-9-17(10-8-16)26(23,24)25/h2-10,12-13,20H,1H3,(H,21,22)(H,23,24,25)/b15-12-. The van der Waals surface area contributed by atoms with Gasteiger partial charge in [0, 0.05) is 11.9 Å². The van der Waals surface area contributed by atoms with Gasteiger partial charge in [-0.1, -0.05) is 30.3 Å². The Morgan fingerprint density at radius 2 is 1.77 bits per heavy atom. The lowest BCUT2D eigenvalue weighted by Gasteiger charge is -2.13. The van der Waals surface area contributed by atoms with Gasteiger partial charge in [0.25, 0.3) is 16.0 Å². The molecule has 0 saturated carbocycles. The Morgan fingerprint density at radius 1 is 1.15 bits per heavy atom. The Labute approximate surface area is 151 Å². The molecule has 1 amide bonds. The zero-order valence-electron chi connectivity index (χ0n) is 13.9. The molecule has 2 rings (SSSR count). The fourth-order valence-electron chi connectivity index (χ4n) is 2.13. The highest BCUT2D eigenvalue weighted by molar-refractivity contribution is 7.85. The summed E-state index contributed by atoms with van der Waals surface area (Å²) in [6.07, 6.45) is 1.23. The Balaban J connectivity index is 2.05. The van der Waals surface area contributed by atoms with E-state index >= 15 is 0 Å². The molecule has 3 N–H and O–H groups in total. The summed E-state index contributed by atoms with van der Waals surface area (Å²) in [6.45, 7) is 1.81. The van der Waals surface area contributed by atoms with Crippen molar-refractivity contribution in [3.05, 3.63) is 71.9 Å². The number of anilines is 1. The van der Waals surface area contributed by atoms with E-state index in [-0.39, 0.29) is 16.5 Å². The van der Waals surface area contributed by atoms with E-state index in [1.807, 2.05) is 43.3 Å². The number of amides is 1. The Kier molecular flexibility index (Phi) is 6.11. The lowest BCUT2D eigenvalue weighted by atomic mass is 10.1. The van der Waals surface area contributed by atoms with Gasteiger partial charge in [-0.2, -0.15) is 13.7 Å². The largest absolute Gasteiger partial charge is 0.360 e. The fraction of sp³-hybridized carbons (Fsp3) is 0.111. The van der Waals surface area contributed by atoms with Gasteiger partial charge < -0.3 is 10.6 Å². The monoisotopic (exact) mass is 371 g/mol. The maximum absolute atomic E-state index is 12.2. The third-order valence-electron chi connectivity index (χ3n) is 3.55. The van der Waals surface area contributed by atoms with Crippen LogP contribution in [0.5, 0.6) is 0 Å². The minimum Gasteiger partial charge on any atom is -0.360 e. The highest BCUT2D eigenvalue weighted by Gasteiger charge is 2.13. The summed E-state index contributed by atoms with van der Waals surface area (Å²) in [4.78, 5) is 12.0. The van der Waals surface area contributed by atoms with Crippen LogP contribution in [0, 0.1) is 11.3 Å². The molecule has 8 heteroatoms. The zero-order chi connectivity index (χ0) is 19.2. The quantitative estimate of drug-likeness (QED) is 0.408. The van der Waals surface area contributed by atoms with Gasteiger partial charge in [-0.3, -0.25) is 9.35 Å². The summed E-state index contributed by atoms with van der Waals surface area (Å²) in [5.74, 6) is -0.536. The summed E-state index contributed by atoms with van der Waals surface area (Å²) in [6, 6.07) is 16.1. The Bertz CT molecular complexity index is 946. The molecule has 2 aromatic carbocycles. The van der Waals surface area contributed by atoms with Gasteiger partial charge in [0.1, 0.15) is 11.6 Å². The lowest BCUT2D eigenvalue weighted by molar-refractivity contribution is -0.117. The normalized spacial score (nSPS) is 12.7. The van der Waals surface area contributed by atoms with Crippen molar-refractivity contribution in [2.75, 3.05) is 5.32 Å². The second-order valence-electron chi connectivity index (χ2n) is 5.42. The molecule has 1 atom stereocenters. The van der Waals surface area contributed by atoms with Gasteiger partial charge >= 0.3 is 0 Å². The molecule has 0 aliphatic rings. The number of nitrogens with zero attached hydrogens (tertiary/aromatic N) is 1. The second-order valence-corrected chi connectivity index (χ2v) is 6.84. The number of nitrogens with one attached hydrogen (secondary N) is 2. The van der Waals surface area contributed by atoms with Gasteiger partial charge in [0.2, 0.25) is 0 Å². The van der Waals surface area contributed by atoms with Crippen molar-refractivity contribution in [2.45, 2.75) is 17.9 Å². The molecule has 134 valence electrons. The second kappa shape index (κ2) is 8.29. The average molecular weight is 371 g/mol. The molecule has 0 aromatic heterocycles. The highest BCUT2D eigenvalue weighted by Crippen LogP contribution is 2.15. The summed E-state index contributed by atoms with van der Waals surface area (Å²) in [5, 5.41) is 14.7. The first-order valence-corrected chi connectivity index (χ1v) is 9.05. The van der Waals surface area contributed by atoms with Crippen LogP contribution in [0.25, 0.3) is 0 Å². The highest BCUT2D eigenvalue weighted by atomic mass is 32.2. The summed E-state index contributed by atoms with van der Waals surface area (Å²) in [5.41, 5.74) is 1.23. The molecule has 26 heavy (non-hydrogen) atoms. The van der Waals surface area contributed by atoms with Crippen molar-refractivity contribution in [3.63, 3.8) is 0 Å². The van der Waals surface area contributed by atoms with Crippen LogP contribution in [-0.2, 0) is 14.9 Å². The molecule has 0 aliphatic carbocycles. The molecule has 0 radical (unpaired) electrons. The fourth-order valence-corrected chi connectivity index (χ4v) is 2.61. The van der Waals surface area contributed by atoms with E-state index in [2.05, 4.69) is 10.6 Å². The van der Waals surface area contributed by atoms with E-state index in [4.69, 9.17) is 4.55 Å². The molecule has 0 fully saturated rings. The minimum atomic E-state index is -4.27. The van der Waals surface area contributed by atoms with Gasteiger partial charge in [-0.15, -0.1) is 0 Å². The maximum atomic E-state index is 12.2. The Hall–Kier alpha value is -3.15. The van der Waals surface area contributed by atoms with Crippen molar-refractivity contribution in [3.8, 4) is 6.07 Å². The van der Waals surface area contributed by atoms with Crippen LogP contribution >= 0.6 is 0 Å². The molecular weight excluding hydrogens is 354 g/mol. The van der Waals surface area contributed by atoms with Crippen LogP contribution in [0.3, 0.4) is 0 Å². The van der Waals surface area contributed by atoms with E-state index in [9.17, 15) is 18.5 Å². The van der Waals surface area contributed by atoms with E-state index in [1.54, 1.807) is 0 Å². The third-order valence-corrected chi connectivity index (χ3v) is 4.42. The first-order chi connectivity index (χ1) is 12.3. The number of hydrogen-bond donors (Lipinski definition) is 3. The summed E-state index contributed by atoms with van der Waals surface area (Å²) in [7, 11) is -4.27. The summed E-state index contributed by atoms with van der Waals surface area (Å²) < 4.78 is 30.9. The summed E-state index contributed by atoms with van der Waals surface area (Å²) >= 11 is 0. The smallest absolute Gasteiger partial charge is 0.294 e. The molecule has 0 spiro atoms. The average Bonchev–Trinajstić information content (AvgIpc) is 2.62. The molecule has 0 saturated heterocycles. The van der Waals surface area contributed by atoms with E-state index in [0.717, 1.165) is 5.56 Å².